The molecule has 1 amide bonds. The molecule has 1 saturated heterocycles. The van der Waals surface area contributed by atoms with Gasteiger partial charge in [-0.2, -0.15) is 0 Å². The average molecular weight is 488 g/mol. The van der Waals surface area contributed by atoms with Crippen LogP contribution in [0.2, 0.25) is 10.0 Å². The quantitative estimate of drug-likeness (QED) is 0.661. The summed E-state index contributed by atoms with van der Waals surface area (Å²) < 4.78 is 5.34. The lowest BCUT2D eigenvalue weighted by molar-refractivity contribution is -0.141. The topological polar surface area (TPSA) is 53.0 Å². The van der Waals surface area contributed by atoms with Gasteiger partial charge in [-0.05, 0) is 55.9 Å². The van der Waals surface area contributed by atoms with Crippen LogP contribution >= 0.6 is 35.6 Å². The summed E-state index contributed by atoms with van der Waals surface area (Å²) in [6.07, 6.45) is 0.717. The number of nitrogens with zero attached hydrogens (tertiary/aromatic N) is 2. The fourth-order valence-electron chi connectivity index (χ4n) is 4.10. The fraction of sp³-hybridized carbons (Fsp3) is 0.435. The Labute approximate surface area is 200 Å². The smallest absolute Gasteiger partial charge is 0.227 e. The summed E-state index contributed by atoms with van der Waals surface area (Å²) in [5.41, 5.74) is 0.622. The second kappa shape index (κ2) is 10.9. The highest BCUT2D eigenvalue weighted by Crippen LogP contribution is 2.39. The van der Waals surface area contributed by atoms with E-state index in [4.69, 9.17) is 27.9 Å². The van der Waals surface area contributed by atoms with E-state index in [2.05, 4.69) is 0 Å². The average Bonchev–Trinajstić information content (AvgIpc) is 2.72. The first-order valence-electron chi connectivity index (χ1n) is 9.96. The Bertz CT molecular complexity index is 909. The van der Waals surface area contributed by atoms with Crippen LogP contribution in [0.4, 0.5) is 0 Å². The van der Waals surface area contributed by atoms with E-state index in [0.29, 0.717) is 41.8 Å². The molecule has 0 bridgehead atoms. The second-order valence-electron chi connectivity index (χ2n) is 8.13. The molecule has 1 aliphatic rings. The number of piperidine rings is 1. The van der Waals surface area contributed by atoms with Gasteiger partial charge >= 0.3 is 0 Å². The molecule has 2 atom stereocenters. The van der Waals surface area contributed by atoms with Crippen molar-refractivity contribution in [2.24, 2.45) is 5.92 Å². The molecule has 1 fully saturated rings. The molecule has 3 rings (SSSR count). The van der Waals surface area contributed by atoms with Gasteiger partial charge < -0.3 is 19.6 Å². The molecule has 0 radical (unpaired) electrons. The zero-order valence-electron chi connectivity index (χ0n) is 18.0. The monoisotopic (exact) mass is 486 g/mol. The number of benzene rings is 2. The summed E-state index contributed by atoms with van der Waals surface area (Å²) in [7, 11) is 5.57. The van der Waals surface area contributed by atoms with Crippen LogP contribution < -0.4 is 4.74 Å². The highest BCUT2D eigenvalue weighted by atomic mass is 35.5. The predicted molar refractivity (Wildman–Crippen MR) is 128 cm³/mol. The number of carbonyl (C=O) groups is 1. The molecular formula is C23H29Cl3N2O3. The molecule has 1 aliphatic heterocycles. The highest BCUT2D eigenvalue weighted by molar-refractivity contribution is 6.42. The zero-order chi connectivity index (χ0) is 21.9. The van der Waals surface area contributed by atoms with E-state index in [1.54, 1.807) is 19.2 Å². The molecule has 2 aromatic rings. The van der Waals surface area contributed by atoms with Crippen molar-refractivity contribution >= 4 is 41.5 Å². The minimum atomic E-state index is -1.03. The molecule has 0 aromatic heterocycles. The van der Waals surface area contributed by atoms with Crippen molar-refractivity contribution < 1.29 is 14.6 Å². The van der Waals surface area contributed by atoms with E-state index in [1.165, 1.54) is 0 Å². The second-order valence-corrected chi connectivity index (χ2v) is 8.94. The molecule has 0 spiro atoms. The van der Waals surface area contributed by atoms with Crippen molar-refractivity contribution in [1.82, 2.24) is 9.80 Å². The molecule has 2 unspecified atom stereocenters. The number of aliphatic hydroxyl groups is 1. The Balaban J connectivity index is 0.00000341. The summed E-state index contributed by atoms with van der Waals surface area (Å²) in [5, 5.41) is 12.6. The Morgan fingerprint density at radius 2 is 1.97 bits per heavy atom. The van der Waals surface area contributed by atoms with Gasteiger partial charge in [0.1, 0.15) is 5.75 Å². The van der Waals surface area contributed by atoms with Gasteiger partial charge in [0.05, 0.1) is 29.2 Å². The van der Waals surface area contributed by atoms with E-state index in [1.807, 2.05) is 54.2 Å². The maximum Gasteiger partial charge on any atom is 0.227 e. The number of likely N-dealkylation sites (tertiary alicyclic amines) is 1. The molecular weight excluding hydrogens is 459 g/mol. The summed E-state index contributed by atoms with van der Waals surface area (Å²) in [4.78, 5) is 16.9. The lowest BCUT2D eigenvalue weighted by atomic mass is 9.75. The molecule has 31 heavy (non-hydrogen) atoms. The van der Waals surface area contributed by atoms with Gasteiger partial charge in [0.2, 0.25) is 5.91 Å². The molecule has 1 heterocycles. The van der Waals surface area contributed by atoms with Gasteiger partial charge in [-0.15, -0.1) is 12.4 Å². The molecule has 2 aromatic carbocycles. The van der Waals surface area contributed by atoms with Crippen LogP contribution in [0.25, 0.3) is 0 Å². The van der Waals surface area contributed by atoms with Crippen LogP contribution in [-0.2, 0) is 16.8 Å². The minimum absolute atomic E-state index is 0. The van der Waals surface area contributed by atoms with Crippen LogP contribution in [0.5, 0.6) is 5.75 Å². The number of rotatable bonds is 6. The largest absolute Gasteiger partial charge is 0.497 e. The van der Waals surface area contributed by atoms with E-state index >= 15 is 0 Å². The van der Waals surface area contributed by atoms with Crippen LogP contribution in [0.15, 0.2) is 42.5 Å². The van der Waals surface area contributed by atoms with Crippen molar-refractivity contribution in [3.05, 3.63) is 63.6 Å². The van der Waals surface area contributed by atoms with Crippen LogP contribution in [-0.4, -0.2) is 61.7 Å². The molecule has 1 N–H and O–H groups in total. The number of hydrogen-bond donors (Lipinski definition) is 1. The maximum atomic E-state index is 13.0. The number of halogens is 3. The number of methoxy groups -OCH3 is 1. The Hall–Kier alpha value is -1.50. The fourth-order valence-corrected chi connectivity index (χ4v) is 4.42. The van der Waals surface area contributed by atoms with E-state index in [-0.39, 0.29) is 30.7 Å². The van der Waals surface area contributed by atoms with Gasteiger partial charge in [0.25, 0.3) is 0 Å². The first-order chi connectivity index (χ1) is 14.2. The van der Waals surface area contributed by atoms with Gasteiger partial charge in [-0.3, -0.25) is 4.79 Å². The Morgan fingerprint density at radius 1 is 1.23 bits per heavy atom. The first kappa shape index (κ1) is 25.8. The summed E-state index contributed by atoms with van der Waals surface area (Å²) >= 11 is 12.1. The van der Waals surface area contributed by atoms with Crippen molar-refractivity contribution in [3.8, 4) is 5.75 Å². The predicted octanol–water partition coefficient (Wildman–Crippen LogP) is 4.26. The SMILES string of the molecule is COc1cccc(C2(O)CCN(C(=O)Cc3ccc(Cl)c(Cl)c3)CC2CN(C)C)c1.Cl. The molecule has 8 heteroatoms. The third kappa shape index (κ3) is 6.05. The number of amides is 1. The number of carbonyl (C=O) groups excluding carboxylic acids is 1. The minimum Gasteiger partial charge on any atom is -0.497 e. The van der Waals surface area contributed by atoms with Gasteiger partial charge in [-0.1, -0.05) is 41.4 Å². The summed E-state index contributed by atoms with van der Waals surface area (Å²) in [5.74, 6) is 0.596. The van der Waals surface area contributed by atoms with Gasteiger partial charge in [0.15, 0.2) is 0 Å². The lowest BCUT2D eigenvalue weighted by Gasteiger charge is -2.46. The van der Waals surface area contributed by atoms with Crippen molar-refractivity contribution in [1.29, 1.82) is 0 Å². The van der Waals surface area contributed by atoms with E-state index in [9.17, 15) is 9.90 Å². The van der Waals surface area contributed by atoms with Crippen LogP contribution in [0, 0.1) is 5.92 Å². The molecule has 5 nitrogen and oxygen atoms in total. The third-order valence-corrected chi connectivity index (χ3v) is 6.47. The van der Waals surface area contributed by atoms with Crippen molar-refractivity contribution in [2.75, 3.05) is 40.8 Å². The Kier molecular flexibility index (Phi) is 9.04. The molecule has 0 saturated carbocycles. The number of hydrogen-bond acceptors (Lipinski definition) is 4. The van der Waals surface area contributed by atoms with Crippen LogP contribution in [0.1, 0.15) is 17.5 Å². The van der Waals surface area contributed by atoms with E-state index in [0.717, 1.165) is 11.1 Å². The Morgan fingerprint density at radius 3 is 2.61 bits per heavy atom. The third-order valence-electron chi connectivity index (χ3n) is 5.73. The van der Waals surface area contributed by atoms with Gasteiger partial charge in [0, 0.05) is 25.6 Å². The summed E-state index contributed by atoms with van der Waals surface area (Å²) in [6, 6.07) is 12.8. The summed E-state index contributed by atoms with van der Waals surface area (Å²) in [6.45, 7) is 1.62. The van der Waals surface area contributed by atoms with Crippen LogP contribution in [0.3, 0.4) is 0 Å². The normalized spacial score (nSPS) is 21.0. The lowest BCUT2D eigenvalue weighted by Crippen LogP contribution is -2.54. The van der Waals surface area contributed by atoms with Crippen molar-refractivity contribution in [3.63, 3.8) is 0 Å². The van der Waals surface area contributed by atoms with Crippen molar-refractivity contribution in [2.45, 2.75) is 18.4 Å². The van der Waals surface area contributed by atoms with E-state index < -0.39 is 5.60 Å². The first-order valence-corrected chi connectivity index (χ1v) is 10.7. The maximum absolute atomic E-state index is 13.0. The molecule has 0 aliphatic carbocycles. The zero-order valence-corrected chi connectivity index (χ0v) is 20.3. The number of ether oxygens (including phenoxy) is 1. The standard InChI is InChI=1S/C23H28Cl2N2O3.ClH/c1-26(2)14-18-15-27(22(28)12-16-7-8-20(24)21(25)11-16)10-9-23(18,29)17-5-4-6-19(13-17)30-3;/h4-8,11,13,18,29H,9-10,12,14-15H2,1-3H3;1H. The van der Waals surface area contributed by atoms with Gasteiger partial charge in [-0.25, -0.2) is 0 Å². The highest BCUT2D eigenvalue weighted by Gasteiger charge is 2.44. The molecule has 170 valence electrons.